The van der Waals surface area contributed by atoms with Gasteiger partial charge in [0.15, 0.2) is 0 Å². The molecule has 0 aromatic heterocycles. The molecule has 3 heteroatoms. The molecule has 0 bridgehead atoms. The van der Waals surface area contributed by atoms with Crippen molar-refractivity contribution in [3.63, 3.8) is 0 Å². The van der Waals surface area contributed by atoms with Crippen LogP contribution < -0.4 is 5.32 Å². The van der Waals surface area contributed by atoms with Gasteiger partial charge in [0.2, 0.25) is 0 Å². The van der Waals surface area contributed by atoms with Gasteiger partial charge in [-0.3, -0.25) is 0 Å². The Morgan fingerprint density at radius 1 is 1.11 bits per heavy atom. The molecule has 0 fully saturated rings. The van der Waals surface area contributed by atoms with Gasteiger partial charge in [0.05, 0.1) is 0 Å². The van der Waals surface area contributed by atoms with Crippen LogP contribution in [-0.2, 0) is 6.42 Å². The van der Waals surface area contributed by atoms with Crippen LogP contribution in [0.25, 0.3) is 0 Å². The van der Waals surface area contributed by atoms with E-state index in [4.69, 9.17) is 0 Å². The minimum Gasteiger partial charge on any atom is -0.314 e. The average Bonchev–Trinajstić information content (AvgIpc) is 2.28. The number of benzene rings is 1. The van der Waals surface area contributed by atoms with Crippen LogP contribution in [0.1, 0.15) is 33.3 Å². The van der Waals surface area contributed by atoms with Crippen LogP contribution in [0.5, 0.6) is 0 Å². The van der Waals surface area contributed by atoms with Gasteiger partial charge in [0, 0.05) is 6.04 Å². The first-order valence-corrected chi connectivity index (χ1v) is 6.57. The molecule has 0 aliphatic heterocycles. The molecule has 18 heavy (non-hydrogen) atoms. The molecule has 0 aliphatic rings. The van der Waals surface area contributed by atoms with Crippen LogP contribution in [0.4, 0.5) is 8.78 Å². The van der Waals surface area contributed by atoms with E-state index in [1.807, 2.05) is 0 Å². The highest BCUT2D eigenvalue weighted by molar-refractivity contribution is 5.19. The first-order valence-electron chi connectivity index (χ1n) is 6.57. The molecular weight excluding hydrogens is 232 g/mol. The summed E-state index contributed by atoms with van der Waals surface area (Å²) in [6, 6.07) is 4.08. The van der Waals surface area contributed by atoms with Crippen molar-refractivity contribution < 1.29 is 8.78 Å². The molecule has 0 aliphatic carbocycles. The van der Waals surface area contributed by atoms with Crippen LogP contribution in [0.3, 0.4) is 0 Å². The summed E-state index contributed by atoms with van der Waals surface area (Å²) in [4.78, 5) is 0. The van der Waals surface area contributed by atoms with Crippen LogP contribution in [0, 0.1) is 23.5 Å². The highest BCUT2D eigenvalue weighted by Crippen LogP contribution is 2.20. The van der Waals surface area contributed by atoms with Crippen molar-refractivity contribution in [3.05, 3.63) is 35.4 Å². The molecule has 1 nitrogen and oxygen atoms in total. The predicted molar refractivity (Wildman–Crippen MR) is 71.5 cm³/mol. The second kappa shape index (κ2) is 6.83. The minimum absolute atomic E-state index is 0.309. The molecule has 1 N–H and O–H groups in total. The van der Waals surface area contributed by atoms with Crippen LogP contribution in [0.15, 0.2) is 18.2 Å². The van der Waals surface area contributed by atoms with E-state index >= 15 is 0 Å². The monoisotopic (exact) mass is 255 g/mol. The van der Waals surface area contributed by atoms with Gasteiger partial charge in [-0.1, -0.05) is 27.7 Å². The number of nitrogens with one attached hydrogen (secondary N) is 1. The number of hydrogen-bond donors (Lipinski definition) is 1. The number of halogens is 2. The van der Waals surface area contributed by atoms with E-state index in [-0.39, 0.29) is 11.6 Å². The lowest BCUT2D eigenvalue weighted by atomic mass is 9.88. The van der Waals surface area contributed by atoms with Crippen LogP contribution >= 0.6 is 0 Å². The molecule has 0 heterocycles. The maximum Gasteiger partial charge on any atom is 0.126 e. The first kappa shape index (κ1) is 15.1. The normalized spacial score (nSPS) is 13.3. The largest absolute Gasteiger partial charge is 0.314 e. The van der Waals surface area contributed by atoms with Crippen molar-refractivity contribution in [3.8, 4) is 0 Å². The van der Waals surface area contributed by atoms with E-state index in [1.165, 1.54) is 12.1 Å². The number of hydrogen-bond acceptors (Lipinski definition) is 1. The van der Waals surface area contributed by atoms with Crippen molar-refractivity contribution in [2.45, 2.75) is 40.2 Å². The molecule has 0 amide bonds. The van der Waals surface area contributed by atoms with Gasteiger partial charge >= 0.3 is 0 Å². The van der Waals surface area contributed by atoms with Crippen LogP contribution in [-0.4, -0.2) is 12.6 Å². The molecular formula is C15H23F2N. The highest BCUT2D eigenvalue weighted by atomic mass is 19.1. The minimum atomic E-state index is -0.370. The summed E-state index contributed by atoms with van der Waals surface area (Å²) in [5, 5.41) is 3.37. The second-order valence-electron chi connectivity index (χ2n) is 5.51. The summed E-state index contributed by atoms with van der Waals surface area (Å²) in [6.45, 7) is 9.22. The Labute approximate surface area is 109 Å². The van der Waals surface area contributed by atoms with E-state index < -0.39 is 0 Å². The molecule has 1 unspecified atom stereocenters. The maximum atomic E-state index is 13.6. The quantitative estimate of drug-likeness (QED) is 0.815. The van der Waals surface area contributed by atoms with E-state index in [1.54, 1.807) is 0 Å². The standard InChI is InChI=1S/C15H23F2N/c1-10(2)13(9-18-11(3)4)7-12-8-14(16)5-6-15(12)17/h5-6,8,10-11,13,18H,7,9H2,1-4H3. The van der Waals surface area contributed by atoms with Crippen molar-refractivity contribution in [2.24, 2.45) is 11.8 Å². The van der Waals surface area contributed by atoms with Gasteiger partial charge in [-0.2, -0.15) is 0 Å². The van der Waals surface area contributed by atoms with E-state index in [9.17, 15) is 8.78 Å². The molecule has 0 saturated carbocycles. The summed E-state index contributed by atoms with van der Waals surface area (Å²) in [5.41, 5.74) is 0.472. The zero-order chi connectivity index (χ0) is 13.7. The fourth-order valence-corrected chi connectivity index (χ4v) is 1.91. The van der Waals surface area contributed by atoms with Gasteiger partial charge in [-0.25, -0.2) is 8.78 Å². The third-order valence-electron chi connectivity index (χ3n) is 3.22. The molecule has 0 radical (unpaired) electrons. The first-order chi connectivity index (χ1) is 8.40. The summed E-state index contributed by atoms with van der Waals surface area (Å²) in [7, 11) is 0. The van der Waals surface area contributed by atoms with Gasteiger partial charge < -0.3 is 5.32 Å². The third kappa shape index (κ3) is 4.73. The van der Waals surface area contributed by atoms with Crippen molar-refractivity contribution in [1.82, 2.24) is 5.32 Å². The second-order valence-corrected chi connectivity index (χ2v) is 5.51. The molecule has 1 atom stereocenters. The number of rotatable bonds is 6. The molecule has 1 aromatic carbocycles. The van der Waals surface area contributed by atoms with Crippen molar-refractivity contribution >= 4 is 0 Å². The fourth-order valence-electron chi connectivity index (χ4n) is 1.91. The molecule has 1 aromatic rings. The van der Waals surface area contributed by atoms with Crippen molar-refractivity contribution in [2.75, 3.05) is 6.54 Å². The summed E-state index contributed by atoms with van der Waals surface area (Å²) in [6.07, 6.45) is 0.570. The summed E-state index contributed by atoms with van der Waals surface area (Å²) >= 11 is 0. The Hall–Kier alpha value is -0.960. The SMILES string of the molecule is CC(C)NCC(Cc1cc(F)ccc1F)C(C)C. The van der Waals surface area contributed by atoms with Gasteiger partial charge in [0.1, 0.15) is 11.6 Å². The topological polar surface area (TPSA) is 12.0 Å². The molecule has 0 saturated heterocycles. The van der Waals surface area contributed by atoms with Crippen molar-refractivity contribution in [1.29, 1.82) is 0 Å². The Balaban J connectivity index is 2.73. The lowest BCUT2D eigenvalue weighted by molar-refractivity contribution is 0.345. The molecule has 102 valence electrons. The Morgan fingerprint density at radius 2 is 1.78 bits per heavy atom. The van der Waals surface area contributed by atoms with E-state index in [0.717, 1.165) is 12.6 Å². The van der Waals surface area contributed by atoms with Crippen LogP contribution in [0.2, 0.25) is 0 Å². The summed E-state index contributed by atoms with van der Waals surface area (Å²) < 4.78 is 26.7. The third-order valence-corrected chi connectivity index (χ3v) is 3.22. The molecule has 1 rings (SSSR count). The Morgan fingerprint density at radius 3 is 2.33 bits per heavy atom. The molecule has 0 spiro atoms. The lowest BCUT2D eigenvalue weighted by Gasteiger charge is -2.23. The Kier molecular flexibility index (Phi) is 5.73. The fraction of sp³-hybridized carbons (Fsp3) is 0.600. The van der Waals surface area contributed by atoms with E-state index in [0.29, 0.717) is 29.9 Å². The zero-order valence-electron chi connectivity index (χ0n) is 11.6. The average molecular weight is 255 g/mol. The highest BCUT2D eigenvalue weighted by Gasteiger charge is 2.16. The van der Waals surface area contributed by atoms with Gasteiger partial charge in [0.25, 0.3) is 0 Å². The maximum absolute atomic E-state index is 13.6. The van der Waals surface area contributed by atoms with E-state index in [2.05, 4.69) is 33.0 Å². The zero-order valence-corrected chi connectivity index (χ0v) is 11.6. The lowest BCUT2D eigenvalue weighted by Crippen LogP contribution is -2.32. The smallest absolute Gasteiger partial charge is 0.126 e. The van der Waals surface area contributed by atoms with Gasteiger partial charge in [-0.15, -0.1) is 0 Å². The van der Waals surface area contributed by atoms with Gasteiger partial charge in [-0.05, 0) is 48.6 Å². The summed E-state index contributed by atoms with van der Waals surface area (Å²) in [5.74, 6) is 0.0555. The predicted octanol–water partition coefficient (Wildman–Crippen LogP) is 3.78. The Bertz CT molecular complexity index is 375.